The average Bonchev–Trinajstić information content (AvgIpc) is 2.19. The molecule has 6 nitrogen and oxygen atoms in total. The van der Waals surface area contributed by atoms with E-state index in [4.69, 9.17) is 21.4 Å². The number of carbonyl (C=O) groups is 2. The lowest BCUT2D eigenvalue weighted by molar-refractivity contribution is 0.0635. The quantitative estimate of drug-likeness (QED) is 0.872. The Morgan fingerprint density at radius 2 is 2.00 bits per heavy atom. The minimum absolute atomic E-state index is 0.0938. The number of aryl methyl sites for hydroxylation is 1. The highest BCUT2D eigenvalue weighted by atomic mass is 35.5. The van der Waals surface area contributed by atoms with Crippen LogP contribution in [0.2, 0.25) is 5.02 Å². The fraction of sp³-hybridized carbons (Fsp3) is 0.417. The molecule has 1 heterocycles. The minimum atomic E-state index is -1.24. The first-order valence-electron chi connectivity index (χ1n) is 5.50. The second-order valence-corrected chi connectivity index (χ2v) is 5.29. The van der Waals surface area contributed by atoms with Crippen LogP contribution in [0.3, 0.4) is 0 Å². The number of aromatic nitrogens is 1. The van der Waals surface area contributed by atoms with Crippen molar-refractivity contribution in [1.29, 1.82) is 0 Å². The molecule has 0 aliphatic heterocycles. The number of hydrogen-bond donors (Lipinski definition) is 2. The Morgan fingerprint density at radius 1 is 1.42 bits per heavy atom. The van der Waals surface area contributed by atoms with Gasteiger partial charge in [-0.2, -0.15) is 0 Å². The number of carbonyl (C=O) groups excluding carboxylic acids is 1. The van der Waals surface area contributed by atoms with E-state index in [0.717, 1.165) is 0 Å². The summed E-state index contributed by atoms with van der Waals surface area (Å²) in [4.78, 5) is 26.6. The van der Waals surface area contributed by atoms with Crippen molar-refractivity contribution in [3.63, 3.8) is 0 Å². The molecule has 0 aliphatic carbocycles. The fourth-order valence-electron chi connectivity index (χ4n) is 1.24. The zero-order valence-corrected chi connectivity index (χ0v) is 11.8. The molecule has 0 spiro atoms. The van der Waals surface area contributed by atoms with Gasteiger partial charge in [0.2, 0.25) is 0 Å². The predicted octanol–water partition coefficient (Wildman–Crippen LogP) is 3.09. The van der Waals surface area contributed by atoms with Crippen molar-refractivity contribution in [2.75, 3.05) is 5.32 Å². The maximum Gasteiger partial charge on any atom is 0.413 e. The van der Waals surface area contributed by atoms with Gasteiger partial charge in [-0.15, -0.1) is 0 Å². The summed E-state index contributed by atoms with van der Waals surface area (Å²) >= 11 is 5.80. The largest absolute Gasteiger partial charge is 0.478 e. The molecule has 0 aliphatic rings. The molecule has 0 saturated carbocycles. The smallest absolute Gasteiger partial charge is 0.413 e. The molecule has 0 saturated heterocycles. The van der Waals surface area contributed by atoms with Gasteiger partial charge in [-0.25, -0.2) is 14.6 Å². The Balaban J connectivity index is 3.03. The van der Waals surface area contributed by atoms with E-state index in [9.17, 15) is 9.59 Å². The molecule has 104 valence electrons. The van der Waals surface area contributed by atoms with Gasteiger partial charge in [0.15, 0.2) is 0 Å². The zero-order valence-electron chi connectivity index (χ0n) is 11.1. The van der Waals surface area contributed by atoms with Gasteiger partial charge in [-0.3, -0.25) is 5.32 Å². The van der Waals surface area contributed by atoms with Crippen LogP contribution in [0.25, 0.3) is 0 Å². The molecule has 0 aromatic carbocycles. The summed E-state index contributed by atoms with van der Waals surface area (Å²) in [6.45, 7) is 6.70. The molecular formula is C12H15ClN2O4. The highest BCUT2D eigenvalue weighted by Gasteiger charge is 2.20. The van der Waals surface area contributed by atoms with Gasteiger partial charge in [-0.1, -0.05) is 11.6 Å². The molecular weight excluding hydrogens is 272 g/mol. The molecule has 0 radical (unpaired) electrons. The van der Waals surface area contributed by atoms with Crippen LogP contribution in [0, 0.1) is 6.92 Å². The number of pyridine rings is 1. The number of ether oxygens (including phenoxy) is 1. The number of nitrogens with one attached hydrogen (secondary N) is 1. The van der Waals surface area contributed by atoms with Crippen molar-refractivity contribution in [2.45, 2.75) is 33.3 Å². The Morgan fingerprint density at radius 3 is 2.47 bits per heavy atom. The van der Waals surface area contributed by atoms with Gasteiger partial charge in [-0.05, 0) is 33.8 Å². The maximum absolute atomic E-state index is 11.6. The number of rotatable bonds is 2. The van der Waals surface area contributed by atoms with Crippen LogP contribution in [-0.2, 0) is 4.74 Å². The van der Waals surface area contributed by atoms with Gasteiger partial charge in [0.05, 0.1) is 10.7 Å². The number of carboxylic acid groups (broad SMARTS) is 1. The lowest BCUT2D eigenvalue weighted by Crippen LogP contribution is -2.28. The molecule has 0 unspecified atom stereocenters. The Hall–Kier alpha value is -1.82. The summed E-state index contributed by atoms with van der Waals surface area (Å²) in [7, 11) is 0. The van der Waals surface area contributed by atoms with E-state index in [2.05, 4.69) is 10.3 Å². The van der Waals surface area contributed by atoms with Crippen LogP contribution >= 0.6 is 11.6 Å². The highest BCUT2D eigenvalue weighted by Crippen LogP contribution is 2.22. The number of hydrogen-bond acceptors (Lipinski definition) is 4. The Kier molecular flexibility index (Phi) is 4.36. The van der Waals surface area contributed by atoms with Crippen LogP contribution < -0.4 is 5.32 Å². The average molecular weight is 287 g/mol. The molecule has 19 heavy (non-hydrogen) atoms. The van der Waals surface area contributed by atoms with Crippen LogP contribution in [-0.4, -0.2) is 27.8 Å². The number of nitrogens with zero attached hydrogens (tertiary/aromatic N) is 1. The zero-order chi connectivity index (χ0) is 14.8. The van der Waals surface area contributed by atoms with Crippen molar-refractivity contribution in [1.82, 2.24) is 4.98 Å². The molecule has 1 rings (SSSR count). The summed E-state index contributed by atoms with van der Waals surface area (Å²) in [6.07, 6.45) is -0.774. The molecule has 7 heteroatoms. The number of carboxylic acids is 1. The van der Waals surface area contributed by atoms with Gasteiger partial charge >= 0.3 is 12.1 Å². The van der Waals surface area contributed by atoms with E-state index in [0.29, 0.717) is 5.69 Å². The van der Waals surface area contributed by atoms with Crippen molar-refractivity contribution in [3.05, 3.63) is 22.3 Å². The van der Waals surface area contributed by atoms with E-state index in [1.54, 1.807) is 27.7 Å². The molecule has 1 aromatic rings. The standard InChI is InChI=1S/C12H15ClN2O4/c1-6-8(13)5-7(10(16)17)9(14-6)15-11(18)19-12(2,3)4/h5H,1-4H3,(H,16,17)(H,14,15,18). The lowest BCUT2D eigenvalue weighted by atomic mass is 10.2. The molecule has 0 atom stereocenters. The van der Waals surface area contributed by atoms with Crippen molar-refractivity contribution < 1.29 is 19.4 Å². The van der Waals surface area contributed by atoms with Gasteiger partial charge in [0.25, 0.3) is 0 Å². The number of anilines is 1. The number of amides is 1. The van der Waals surface area contributed by atoms with E-state index >= 15 is 0 Å². The van der Waals surface area contributed by atoms with Gasteiger partial charge < -0.3 is 9.84 Å². The predicted molar refractivity (Wildman–Crippen MR) is 70.8 cm³/mol. The summed E-state index contributed by atoms with van der Waals surface area (Å²) in [5.74, 6) is -1.33. The summed E-state index contributed by atoms with van der Waals surface area (Å²) < 4.78 is 5.03. The van der Waals surface area contributed by atoms with Crippen LogP contribution in [0.15, 0.2) is 6.07 Å². The minimum Gasteiger partial charge on any atom is -0.478 e. The molecule has 1 amide bonds. The first kappa shape index (κ1) is 15.2. The summed E-state index contributed by atoms with van der Waals surface area (Å²) in [5, 5.41) is 11.6. The highest BCUT2D eigenvalue weighted by molar-refractivity contribution is 6.31. The Bertz CT molecular complexity index is 523. The third-order valence-electron chi connectivity index (χ3n) is 2.00. The van der Waals surface area contributed by atoms with Crippen molar-refractivity contribution >= 4 is 29.5 Å². The van der Waals surface area contributed by atoms with E-state index in [-0.39, 0.29) is 16.4 Å². The van der Waals surface area contributed by atoms with Crippen LogP contribution in [0.5, 0.6) is 0 Å². The van der Waals surface area contributed by atoms with Gasteiger partial charge in [0, 0.05) is 0 Å². The van der Waals surface area contributed by atoms with E-state index in [1.807, 2.05) is 0 Å². The van der Waals surface area contributed by atoms with E-state index < -0.39 is 17.7 Å². The summed E-state index contributed by atoms with van der Waals surface area (Å²) in [5.41, 5.74) is -0.464. The number of halogens is 1. The monoisotopic (exact) mass is 286 g/mol. The third kappa shape index (κ3) is 4.40. The number of aromatic carboxylic acids is 1. The topological polar surface area (TPSA) is 88.5 Å². The van der Waals surface area contributed by atoms with Crippen molar-refractivity contribution in [2.24, 2.45) is 0 Å². The third-order valence-corrected chi connectivity index (χ3v) is 2.38. The SMILES string of the molecule is Cc1nc(NC(=O)OC(C)(C)C)c(C(=O)O)cc1Cl. The maximum atomic E-state index is 11.6. The fourth-order valence-corrected chi connectivity index (χ4v) is 1.39. The normalized spacial score (nSPS) is 11.0. The van der Waals surface area contributed by atoms with Gasteiger partial charge in [0.1, 0.15) is 17.0 Å². The van der Waals surface area contributed by atoms with E-state index in [1.165, 1.54) is 6.07 Å². The second kappa shape index (κ2) is 5.44. The molecule has 0 bridgehead atoms. The first-order chi connectivity index (χ1) is 8.60. The van der Waals surface area contributed by atoms with Crippen LogP contribution in [0.4, 0.5) is 10.6 Å². The molecule has 0 fully saturated rings. The molecule has 2 N–H and O–H groups in total. The van der Waals surface area contributed by atoms with Crippen LogP contribution in [0.1, 0.15) is 36.8 Å². The summed E-state index contributed by atoms with van der Waals surface area (Å²) in [6, 6.07) is 1.24. The molecule has 1 aromatic heterocycles. The first-order valence-corrected chi connectivity index (χ1v) is 5.88. The Labute approximate surface area is 115 Å². The lowest BCUT2D eigenvalue weighted by Gasteiger charge is -2.20. The van der Waals surface area contributed by atoms with Crippen molar-refractivity contribution in [3.8, 4) is 0 Å². The second-order valence-electron chi connectivity index (χ2n) is 4.88.